The van der Waals surface area contributed by atoms with Crippen molar-refractivity contribution in [3.63, 3.8) is 0 Å². The van der Waals surface area contributed by atoms with Gasteiger partial charge in [0.2, 0.25) is 0 Å². The van der Waals surface area contributed by atoms with Crippen molar-refractivity contribution in [2.75, 3.05) is 6.61 Å². The highest BCUT2D eigenvalue weighted by Crippen LogP contribution is 2.32. The van der Waals surface area contributed by atoms with Crippen molar-refractivity contribution in [3.8, 4) is 5.75 Å². The Balaban J connectivity index is 2.11. The smallest absolute Gasteiger partial charge is 0.251 e. The maximum absolute atomic E-state index is 11.9. The van der Waals surface area contributed by atoms with Gasteiger partial charge in [-0.25, -0.2) is 0 Å². The van der Waals surface area contributed by atoms with Crippen LogP contribution in [0.3, 0.4) is 0 Å². The van der Waals surface area contributed by atoms with Gasteiger partial charge in [0.1, 0.15) is 5.75 Å². The molecule has 0 atom stereocenters. The first-order chi connectivity index (χ1) is 8.06. The normalized spacial score (nSPS) is 17.3. The first kappa shape index (κ1) is 12.2. The van der Waals surface area contributed by atoms with Gasteiger partial charge >= 0.3 is 0 Å². The number of rotatable bonds is 3. The standard InChI is InChI=1S/C12H14ClNO3/c13-9-6-8(2-3-10(9)16)11(17)14-12(7-15)4-1-5-12/h2-3,6,15-16H,1,4-5,7H2,(H,14,17). The van der Waals surface area contributed by atoms with Gasteiger partial charge < -0.3 is 15.5 Å². The zero-order chi connectivity index (χ0) is 12.5. The lowest BCUT2D eigenvalue weighted by Crippen LogP contribution is -2.56. The average Bonchev–Trinajstić information content (AvgIpc) is 2.27. The second-order valence-electron chi connectivity index (χ2n) is 4.41. The number of amides is 1. The van der Waals surface area contributed by atoms with Gasteiger partial charge in [-0.05, 0) is 37.5 Å². The summed E-state index contributed by atoms with van der Waals surface area (Å²) in [5.74, 6) is -0.329. The molecule has 1 aromatic carbocycles. The topological polar surface area (TPSA) is 69.6 Å². The SMILES string of the molecule is O=C(NC1(CO)CCC1)c1ccc(O)c(Cl)c1. The Bertz CT molecular complexity index is 438. The van der Waals surface area contributed by atoms with E-state index in [9.17, 15) is 15.0 Å². The summed E-state index contributed by atoms with van der Waals surface area (Å²) < 4.78 is 0. The Morgan fingerprint density at radius 2 is 2.18 bits per heavy atom. The van der Waals surface area contributed by atoms with E-state index in [1.807, 2.05) is 0 Å². The van der Waals surface area contributed by atoms with Crippen molar-refractivity contribution in [3.05, 3.63) is 28.8 Å². The summed E-state index contributed by atoms with van der Waals surface area (Å²) in [6.45, 7) is -0.0510. The van der Waals surface area contributed by atoms with Gasteiger partial charge in [0.05, 0.1) is 17.2 Å². The minimum atomic E-state index is -0.471. The van der Waals surface area contributed by atoms with E-state index in [0.717, 1.165) is 19.3 Å². The first-order valence-corrected chi connectivity index (χ1v) is 5.86. The lowest BCUT2D eigenvalue weighted by Gasteiger charge is -2.40. The quantitative estimate of drug-likeness (QED) is 0.770. The lowest BCUT2D eigenvalue weighted by molar-refractivity contribution is 0.0641. The number of halogens is 1. The van der Waals surface area contributed by atoms with Crippen LogP contribution in [0.5, 0.6) is 5.75 Å². The van der Waals surface area contributed by atoms with E-state index in [0.29, 0.717) is 5.56 Å². The van der Waals surface area contributed by atoms with Crippen LogP contribution >= 0.6 is 11.6 Å². The Hall–Kier alpha value is -1.26. The second kappa shape index (κ2) is 4.55. The Morgan fingerprint density at radius 1 is 1.47 bits per heavy atom. The van der Waals surface area contributed by atoms with Gasteiger partial charge in [0.25, 0.3) is 5.91 Å². The molecule has 0 bridgehead atoms. The fraction of sp³-hybridized carbons (Fsp3) is 0.417. The predicted molar refractivity (Wildman–Crippen MR) is 64.3 cm³/mol. The monoisotopic (exact) mass is 255 g/mol. The van der Waals surface area contributed by atoms with Crippen molar-refractivity contribution in [2.45, 2.75) is 24.8 Å². The van der Waals surface area contributed by atoms with Crippen LogP contribution in [-0.4, -0.2) is 28.3 Å². The molecule has 1 amide bonds. The van der Waals surface area contributed by atoms with Gasteiger partial charge in [0, 0.05) is 5.56 Å². The third-order valence-electron chi connectivity index (χ3n) is 3.20. The number of aromatic hydroxyl groups is 1. The molecular formula is C12H14ClNO3. The van der Waals surface area contributed by atoms with Crippen LogP contribution < -0.4 is 5.32 Å². The zero-order valence-corrected chi connectivity index (χ0v) is 10.00. The molecule has 3 N–H and O–H groups in total. The number of phenolic OH excluding ortho intramolecular Hbond substituents is 1. The largest absolute Gasteiger partial charge is 0.506 e. The number of hydrogen-bond donors (Lipinski definition) is 3. The lowest BCUT2D eigenvalue weighted by atomic mass is 9.77. The average molecular weight is 256 g/mol. The van der Waals surface area contributed by atoms with Gasteiger partial charge in [-0.15, -0.1) is 0 Å². The summed E-state index contributed by atoms with van der Waals surface area (Å²) in [6.07, 6.45) is 2.60. The molecule has 5 heteroatoms. The number of carbonyl (C=O) groups is 1. The van der Waals surface area contributed by atoms with Crippen LogP contribution in [0.4, 0.5) is 0 Å². The molecule has 0 spiro atoms. The molecule has 0 aromatic heterocycles. The number of aliphatic hydroxyl groups is 1. The minimum Gasteiger partial charge on any atom is -0.506 e. The molecule has 92 valence electrons. The van der Waals surface area contributed by atoms with E-state index in [4.69, 9.17) is 11.6 Å². The molecule has 1 aliphatic rings. The number of phenols is 1. The predicted octanol–water partition coefficient (Wildman–Crippen LogP) is 1.69. The fourth-order valence-electron chi connectivity index (χ4n) is 1.89. The molecule has 1 aromatic rings. The molecule has 0 unspecified atom stereocenters. The maximum atomic E-state index is 11.9. The van der Waals surface area contributed by atoms with Crippen LogP contribution in [0.2, 0.25) is 5.02 Å². The van der Waals surface area contributed by atoms with E-state index >= 15 is 0 Å². The minimum absolute atomic E-state index is 0.0510. The Labute approximate surface area is 104 Å². The summed E-state index contributed by atoms with van der Waals surface area (Å²) in [6, 6.07) is 4.29. The molecule has 0 aliphatic heterocycles. The highest BCUT2D eigenvalue weighted by molar-refractivity contribution is 6.32. The van der Waals surface area contributed by atoms with Crippen molar-refractivity contribution in [1.29, 1.82) is 0 Å². The fourth-order valence-corrected chi connectivity index (χ4v) is 2.07. The summed E-state index contributed by atoms with van der Waals surface area (Å²) in [4.78, 5) is 11.9. The number of aliphatic hydroxyl groups excluding tert-OH is 1. The molecule has 0 radical (unpaired) electrons. The Kier molecular flexibility index (Phi) is 3.26. The second-order valence-corrected chi connectivity index (χ2v) is 4.82. The summed E-state index contributed by atoms with van der Waals surface area (Å²) in [5.41, 5.74) is -0.0888. The van der Waals surface area contributed by atoms with Gasteiger partial charge in [-0.1, -0.05) is 11.6 Å². The van der Waals surface area contributed by atoms with Crippen LogP contribution in [0.1, 0.15) is 29.6 Å². The highest BCUT2D eigenvalue weighted by atomic mass is 35.5. The maximum Gasteiger partial charge on any atom is 0.251 e. The molecule has 2 rings (SSSR count). The van der Waals surface area contributed by atoms with E-state index in [2.05, 4.69) is 5.32 Å². The number of hydrogen-bond acceptors (Lipinski definition) is 3. The molecule has 0 heterocycles. The molecular weight excluding hydrogens is 242 g/mol. The van der Waals surface area contributed by atoms with Crippen molar-refractivity contribution >= 4 is 17.5 Å². The third-order valence-corrected chi connectivity index (χ3v) is 3.50. The summed E-state index contributed by atoms with van der Waals surface area (Å²) in [5, 5.41) is 21.5. The van der Waals surface area contributed by atoms with Crippen molar-refractivity contribution in [1.82, 2.24) is 5.32 Å². The molecule has 17 heavy (non-hydrogen) atoms. The van der Waals surface area contributed by atoms with Gasteiger partial charge in [-0.3, -0.25) is 4.79 Å². The summed E-state index contributed by atoms with van der Waals surface area (Å²) in [7, 11) is 0. The van der Waals surface area contributed by atoms with E-state index in [-0.39, 0.29) is 23.3 Å². The first-order valence-electron chi connectivity index (χ1n) is 5.48. The van der Waals surface area contributed by atoms with E-state index in [1.165, 1.54) is 18.2 Å². The zero-order valence-electron chi connectivity index (χ0n) is 9.24. The van der Waals surface area contributed by atoms with E-state index in [1.54, 1.807) is 0 Å². The van der Waals surface area contributed by atoms with Crippen molar-refractivity contribution < 1.29 is 15.0 Å². The Morgan fingerprint density at radius 3 is 2.65 bits per heavy atom. The van der Waals surface area contributed by atoms with E-state index < -0.39 is 5.54 Å². The van der Waals surface area contributed by atoms with Crippen molar-refractivity contribution in [2.24, 2.45) is 0 Å². The van der Waals surface area contributed by atoms with Crippen LogP contribution in [0.15, 0.2) is 18.2 Å². The van der Waals surface area contributed by atoms with Gasteiger partial charge in [0.15, 0.2) is 0 Å². The number of benzene rings is 1. The summed E-state index contributed by atoms with van der Waals surface area (Å²) >= 11 is 5.73. The number of carbonyl (C=O) groups excluding carboxylic acids is 1. The highest BCUT2D eigenvalue weighted by Gasteiger charge is 2.37. The van der Waals surface area contributed by atoms with Crippen LogP contribution in [0, 0.1) is 0 Å². The molecule has 1 saturated carbocycles. The molecule has 1 fully saturated rings. The molecule has 0 saturated heterocycles. The number of nitrogens with one attached hydrogen (secondary N) is 1. The van der Waals surface area contributed by atoms with Crippen LogP contribution in [0.25, 0.3) is 0 Å². The molecule has 1 aliphatic carbocycles. The molecule has 4 nitrogen and oxygen atoms in total. The van der Waals surface area contributed by atoms with Crippen LogP contribution in [-0.2, 0) is 0 Å². The third kappa shape index (κ3) is 2.37. The van der Waals surface area contributed by atoms with Gasteiger partial charge in [-0.2, -0.15) is 0 Å².